The Morgan fingerprint density at radius 2 is 1.25 bits per heavy atom. The Hall–Kier alpha value is -0.160. The van der Waals surface area contributed by atoms with Crippen LogP contribution in [0.1, 0.15) is 0 Å². The molecule has 0 radical (unpaired) electrons. The quantitative estimate of drug-likeness (QED) is 0.546. The first-order chi connectivity index (χ1) is 5.79. The molecule has 0 aromatic heterocycles. The Kier molecular flexibility index (Phi) is 7.39. The minimum atomic E-state index is 0.292. The van der Waals surface area contributed by atoms with Crippen LogP contribution >= 0.6 is 0 Å². The fraction of sp³-hybridized carbons (Fsp3) is 1.00. The summed E-state index contributed by atoms with van der Waals surface area (Å²) < 4.78 is 10.1. The lowest BCUT2D eigenvalue weighted by atomic mass is 10.1. The molecule has 2 atom stereocenters. The van der Waals surface area contributed by atoms with Gasteiger partial charge in [-0.25, -0.2) is 0 Å². The number of hydrogen-bond acceptors (Lipinski definition) is 4. The molecule has 4 heteroatoms. The first-order valence-electron chi connectivity index (χ1n) is 4.12. The van der Waals surface area contributed by atoms with Crippen molar-refractivity contribution in [1.29, 1.82) is 0 Å². The van der Waals surface area contributed by atoms with Gasteiger partial charge in [0, 0.05) is 26.3 Å². The molecule has 0 amide bonds. The van der Waals surface area contributed by atoms with E-state index in [2.05, 4.69) is 10.6 Å². The molecule has 0 aromatic rings. The molecule has 0 aliphatic carbocycles. The molecule has 0 aromatic carbocycles. The smallest absolute Gasteiger partial charge is 0.0631 e. The molecule has 0 spiro atoms. The van der Waals surface area contributed by atoms with Crippen molar-refractivity contribution in [3.8, 4) is 0 Å². The maximum Gasteiger partial charge on any atom is 0.0631 e. The van der Waals surface area contributed by atoms with Crippen molar-refractivity contribution in [3.05, 3.63) is 0 Å². The Bertz CT molecular complexity index is 89.1. The molecule has 0 saturated heterocycles. The minimum Gasteiger partial charge on any atom is -0.383 e. The normalized spacial score (nSPS) is 16.0. The highest BCUT2D eigenvalue weighted by Gasteiger charge is 2.17. The van der Waals surface area contributed by atoms with Gasteiger partial charge in [-0.3, -0.25) is 0 Å². The lowest BCUT2D eigenvalue weighted by Crippen LogP contribution is -2.50. The first kappa shape index (κ1) is 11.8. The van der Waals surface area contributed by atoms with Crippen LogP contribution in [-0.2, 0) is 9.47 Å². The van der Waals surface area contributed by atoms with Crippen LogP contribution in [0.4, 0.5) is 0 Å². The molecule has 0 saturated carbocycles. The number of likely N-dealkylation sites (N-methyl/N-ethyl adjacent to an activating group) is 2. The van der Waals surface area contributed by atoms with Gasteiger partial charge in [0.25, 0.3) is 0 Å². The van der Waals surface area contributed by atoms with Crippen LogP contribution in [0.3, 0.4) is 0 Å². The summed E-state index contributed by atoms with van der Waals surface area (Å²) in [5.74, 6) is 0. The fourth-order valence-electron chi connectivity index (χ4n) is 1.16. The number of hydrogen-bond donors (Lipinski definition) is 2. The molecule has 0 aliphatic heterocycles. The minimum absolute atomic E-state index is 0.292. The van der Waals surface area contributed by atoms with Crippen LogP contribution in [0, 0.1) is 0 Å². The molecule has 0 heterocycles. The summed E-state index contributed by atoms with van der Waals surface area (Å²) in [4.78, 5) is 0. The summed E-state index contributed by atoms with van der Waals surface area (Å²) in [6.07, 6.45) is 0. The Morgan fingerprint density at radius 3 is 1.42 bits per heavy atom. The molecule has 0 bridgehead atoms. The highest BCUT2D eigenvalue weighted by atomic mass is 16.5. The average molecular weight is 176 g/mol. The third-order valence-corrected chi connectivity index (χ3v) is 1.92. The number of ether oxygens (including phenoxy) is 2. The molecule has 2 N–H and O–H groups in total. The van der Waals surface area contributed by atoms with Crippen LogP contribution in [0.15, 0.2) is 0 Å². The average Bonchev–Trinajstić information content (AvgIpc) is 2.11. The zero-order valence-corrected chi connectivity index (χ0v) is 8.39. The van der Waals surface area contributed by atoms with Crippen molar-refractivity contribution in [3.63, 3.8) is 0 Å². The van der Waals surface area contributed by atoms with Gasteiger partial charge >= 0.3 is 0 Å². The second kappa shape index (κ2) is 7.49. The number of methoxy groups -OCH3 is 2. The fourth-order valence-corrected chi connectivity index (χ4v) is 1.16. The van der Waals surface area contributed by atoms with E-state index in [0.717, 1.165) is 0 Å². The van der Waals surface area contributed by atoms with Crippen molar-refractivity contribution >= 4 is 0 Å². The van der Waals surface area contributed by atoms with Crippen molar-refractivity contribution in [2.45, 2.75) is 12.1 Å². The van der Waals surface area contributed by atoms with E-state index in [9.17, 15) is 0 Å². The lowest BCUT2D eigenvalue weighted by molar-refractivity contribution is 0.110. The zero-order chi connectivity index (χ0) is 9.40. The van der Waals surface area contributed by atoms with Crippen LogP contribution in [-0.4, -0.2) is 53.6 Å². The largest absolute Gasteiger partial charge is 0.383 e. The molecule has 12 heavy (non-hydrogen) atoms. The molecule has 74 valence electrons. The SMILES string of the molecule is CNC(COC)C(COC)NC. The molecule has 4 nitrogen and oxygen atoms in total. The molecule has 0 aliphatic rings. The molecule has 2 unspecified atom stereocenters. The zero-order valence-electron chi connectivity index (χ0n) is 8.39. The van der Waals surface area contributed by atoms with E-state index in [0.29, 0.717) is 25.3 Å². The molecule has 0 fully saturated rings. The summed E-state index contributed by atoms with van der Waals surface area (Å²) in [6.45, 7) is 1.37. The standard InChI is InChI=1S/C8H20N2O2/c1-9-7(5-11-3)8(10-2)6-12-4/h7-10H,5-6H2,1-4H3. The van der Waals surface area contributed by atoms with Gasteiger partial charge < -0.3 is 20.1 Å². The molecular weight excluding hydrogens is 156 g/mol. The number of nitrogens with one attached hydrogen (secondary N) is 2. The van der Waals surface area contributed by atoms with Crippen LogP contribution in [0.5, 0.6) is 0 Å². The topological polar surface area (TPSA) is 42.5 Å². The van der Waals surface area contributed by atoms with Gasteiger partial charge in [0.2, 0.25) is 0 Å². The summed E-state index contributed by atoms with van der Waals surface area (Å²) in [6, 6.07) is 0.583. The summed E-state index contributed by atoms with van der Waals surface area (Å²) in [7, 11) is 7.24. The van der Waals surface area contributed by atoms with E-state index in [1.54, 1.807) is 14.2 Å². The number of rotatable bonds is 7. The maximum absolute atomic E-state index is 5.07. The maximum atomic E-state index is 5.07. The van der Waals surface area contributed by atoms with Crippen molar-refractivity contribution in [1.82, 2.24) is 10.6 Å². The van der Waals surface area contributed by atoms with E-state index < -0.39 is 0 Å². The van der Waals surface area contributed by atoms with Crippen LogP contribution in [0.2, 0.25) is 0 Å². The van der Waals surface area contributed by atoms with E-state index in [1.165, 1.54) is 0 Å². The third-order valence-electron chi connectivity index (χ3n) is 1.92. The third kappa shape index (κ3) is 4.01. The second-order valence-electron chi connectivity index (χ2n) is 2.70. The molecule has 0 rings (SSSR count). The van der Waals surface area contributed by atoms with Gasteiger partial charge in [-0.2, -0.15) is 0 Å². The highest BCUT2D eigenvalue weighted by Crippen LogP contribution is 1.94. The van der Waals surface area contributed by atoms with Crippen molar-refractivity contribution < 1.29 is 9.47 Å². The Labute approximate surface area is 74.6 Å². The van der Waals surface area contributed by atoms with Gasteiger partial charge in [0.1, 0.15) is 0 Å². The van der Waals surface area contributed by atoms with Crippen LogP contribution in [0.25, 0.3) is 0 Å². The molecular formula is C8H20N2O2. The summed E-state index contributed by atoms with van der Waals surface area (Å²) in [5.41, 5.74) is 0. The Balaban J connectivity index is 3.84. The summed E-state index contributed by atoms with van der Waals surface area (Å²) >= 11 is 0. The van der Waals surface area contributed by atoms with Gasteiger partial charge in [0.15, 0.2) is 0 Å². The van der Waals surface area contributed by atoms with Gasteiger partial charge in [0.05, 0.1) is 13.2 Å². The monoisotopic (exact) mass is 176 g/mol. The van der Waals surface area contributed by atoms with Crippen molar-refractivity contribution in [2.75, 3.05) is 41.5 Å². The second-order valence-corrected chi connectivity index (χ2v) is 2.70. The lowest BCUT2D eigenvalue weighted by Gasteiger charge is -2.25. The highest BCUT2D eigenvalue weighted by molar-refractivity contribution is 4.79. The summed E-state index contributed by atoms with van der Waals surface area (Å²) in [5, 5.41) is 6.34. The van der Waals surface area contributed by atoms with Crippen molar-refractivity contribution in [2.24, 2.45) is 0 Å². The van der Waals surface area contributed by atoms with Gasteiger partial charge in [-0.05, 0) is 14.1 Å². The Morgan fingerprint density at radius 1 is 0.917 bits per heavy atom. The predicted molar refractivity (Wildman–Crippen MR) is 49.4 cm³/mol. The van der Waals surface area contributed by atoms with E-state index in [1.807, 2.05) is 14.1 Å². The van der Waals surface area contributed by atoms with E-state index >= 15 is 0 Å². The van der Waals surface area contributed by atoms with E-state index in [4.69, 9.17) is 9.47 Å². The van der Waals surface area contributed by atoms with Gasteiger partial charge in [-0.15, -0.1) is 0 Å². The van der Waals surface area contributed by atoms with Gasteiger partial charge in [-0.1, -0.05) is 0 Å². The first-order valence-corrected chi connectivity index (χ1v) is 4.12. The predicted octanol–water partition coefficient (Wildman–Crippen LogP) is -0.545. The van der Waals surface area contributed by atoms with E-state index in [-0.39, 0.29) is 0 Å². The van der Waals surface area contributed by atoms with Crippen LogP contribution < -0.4 is 10.6 Å².